The molecule has 1 heterocycles. The molecular formula is C16H12Cl2N2O3. The zero-order chi connectivity index (χ0) is 16.2. The summed E-state index contributed by atoms with van der Waals surface area (Å²) in [6, 6.07) is 9.97. The van der Waals surface area contributed by atoms with Gasteiger partial charge in [0.1, 0.15) is 13.2 Å². The van der Waals surface area contributed by atoms with E-state index in [1.807, 2.05) is 0 Å². The monoisotopic (exact) mass is 350 g/mol. The average molecular weight is 351 g/mol. The van der Waals surface area contributed by atoms with E-state index in [1.54, 1.807) is 36.4 Å². The average Bonchev–Trinajstić information content (AvgIpc) is 2.56. The summed E-state index contributed by atoms with van der Waals surface area (Å²) in [7, 11) is 0. The molecule has 1 aliphatic heterocycles. The van der Waals surface area contributed by atoms with Gasteiger partial charge in [-0.05, 0) is 30.3 Å². The molecule has 118 valence electrons. The molecule has 0 aromatic heterocycles. The number of amides is 1. The molecule has 0 atom stereocenters. The van der Waals surface area contributed by atoms with Gasteiger partial charge in [-0.2, -0.15) is 5.10 Å². The Morgan fingerprint density at radius 2 is 1.87 bits per heavy atom. The fourth-order valence-electron chi connectivity index (χ4n) is 2.02. The predicted octanol–water partition coefficient (Wildman–Crippen LogP) is 3.53. The van der Waals surface area contributed by atoms with E-state index in [1.165, 1.54) is 6.21 Å². The van der Waals surface area contributed by atoms with Gasteiger partial charge in [0.15, 0.2) is 11.5 Å². The zero-order valence-corrected chi connectivity index (χ0v) is 13.4. The van der Waals surface area contributed by atoms with Gasteiger partial charge in [0.2, 0.25) is 0 Å². The van der Waals surface area contributed by atoms with Crippen LogP contribution in [-0.2, 0) is 0 Å². The van der Waals surface area contributed by atoms with Gasteiger partial charge in [0, 0.05) is 16.1 Å². The number of carbonyl (C=O) groups excluding carboxylic acids is 1. The Morgan fingerprint density at radius 3 is 2.65 bits per heavy atom. The van der Waals surface area contributed by atoms with E-state index >= 15 is 0 Å². The predicted molar refractivity (Wildman–Crippen MR) is 89.0 cm³/mol. The molecule has 1 amide bonds. The van der Waals surface area contributed by atoms with Crippen molar-refractivity contribution in [2.45, 2.75) is 0 Å². The van der Waals surface area contributed by atoms with Crippen LogP contribution in [0, 0.1) is 0 Å². The van der Waals surface area contributed by atoms with Crippen molar-refractivity contribution < 1.29 is 14.3 Å². The smallest absolute Gasteiger partial charge is 0.271 e. The van der Waals surface area contributed by atoms with E-state index in [-0.39, 0.29) is 5.91 Å². The summed E-state index contributed by atoms with van der Waals surface area (Å²) in [4.78, 5) is 12.1. The molecule has 0 bridgehead atoms. The number of fused-ring (bicyclic) bond motifs is 1. The third-order valence-electron chi connectivity index (χ3n) is 3.14. The summed E-state index contributed by atoms with van der Waals surface area (Å²) in [5.74, 6) is 0.821. The normalized spacial score (nSPS) is 13.1. The molecule has 7 heteroatoms. The zero-order valence-electron chi connectivity index (χ0n) is 11.9. The molecule has 5 nitrogen and oxygen atoms in total. The first kappa shape index (κ1) is 15.6. The standard InChI is InChI=1S/C16H12Cl2N2O3/c17-12-3-1-11(13(18)8-12)9-19-20-16(21)10-2-4-14-15(7-10)23-6-5-22-14/h1-4,7-9H,5-6H2,(H,20,21)/b19-9+. The van der Waals surface area contributed by atoms with Gasteiger partial charge in [0.25, 0.3) is 5.91 Å². The van der Waals surface area contributed by atoms with Crippen LogP contribution >= 0.6 is 23.2 Å². The molecule has 23 heavy (non-hydrogen) atoms. The Bertz CT molecular complexity index is 778. The maximum absolute atomic E-state index is 12.1. The van der Waals surface area contributed by atoms with Gasteiger partial charge in [0.05, 0.1) is 11.2 Å². The molecule has 0 fully saturated rings. The van der Waals surface area contributed by atoms with Crippen LogP contribution in [-0.4, -0.2) is 25.3 Å². The van der Waals surface area contributed by atoms with Crippen molar-refractivity contribution in [1.82, 2.24) is 5.43 Å². The molecule has 1 aliphatic rings. The largest absolute Gasteiger partial charge is 0.486 e. The highest BCUT2D eigenvalue weighted by atomic mass is 35.5. The lowest BCUT2D eigenvalue weighted by atomic mass is 10.2. The van der Waals surface area contributed by atoms with Crippen LogP contribution < -0.4 is 14.9 Å². The van der Waals surface area contributed by atoms with Crippen LogP contribution in [0.15, 0.2) is 41.5 Å². The lowest BCUT2D eigenvalue weighted by Gasteiger charge is -2.18. The van der Waals surface area contributed by atoms with Gasteiger partial charge >= 0.3 is 0 Å². The molecule has 0 saturated carbocycles. The van der Waals surface area contributed by atoms with Crippen LogP contribution in [0.4, 0.5) is 0 Å². The SMILES string of the molecule is O=C(N/N=C/c1ccc(Cl)cc1Cl)c1ccc2c(c1)OCCO2. The van der Waals surface area contributed by atoms with Gasteiger partial charge in [-0.3, -0.25) is 4.79 Å². The molecule has 0 saturated heterocycles. The maximum atomic E-state index is 12.1. The number of hydrogen-bond donors (Lipinski definition) is 1. The van der Waals surface area contributed by atoms with Gasteiger partial charge < -0.3 is 9.47 Å². The van der Waals surface area contributed by atoms with Crippen molar-refractivity contribution in [3.63, 3.8) is 0 Å². The number of benzene rings is 2. The van der Waals surface area contributed by atoms with E-state index < -0.39 is 0 Å². The summed E-state index contributed by atoms with van der Waals surface area (Å²) < 4.78 is 10.8. The highest BCUT2D eigenvalue weighted by Gasteiger charge is 2.14. The number of rotatable bonds is 3. The lowest BCUT2D eigenvalue weighted by Crippen LogP contribution is -2.19. The summed E-state index contributed by atoms with van der Waals surface area (Å²) in [6.07, 6.45) is 1.45. The van der Waals surface area contributed by atoms with Crippen molar-refractivity contribution >= 4 is 35.3 Å². The van der Waals surface area contributed by atoms with Crippen LogP contribution in [0.1, 0.15) is 15.9 Å². The van der Waals surface area contributed by atoms with Crippen molar-refractivity contribution in [3.8, 4) is 11.5 Å². The van der Waals surface area contributed by atoms with Crippen LogP contribution in [0.5, 0.6) is 11.5 Å². The van der Waals surface area contributed by atoms with E-state index in [4.69, 9.17) is 32.7 Å². The quantitative estimate of drug-likeness (QED) is 0.680. The number of carbonyl (C=O) groups is 1. The van der Waals surface area contributed by atoms with Gasteiger partial charge in [-0.25, -0.2) is 5.43 Å². The number of ether oxygens (including phenoxy) is 2. The van der Waals surface area contributed by atoms with E-state index in [9.17, 15) is 4.79 Å². The number of halogens is 2. The number of nitrogens with one attached hydrogen (secondary N) is 1. The number of hydrogen-bond acceptors (Lipinski definition) is 4. The summed E-state index contributed by atoms with van der Waals surface area (Å²) in [5.41, 5.74) is 3.51. The van der Waals surface area contributed by atoms with Crippen LogP contribution in [0.3, 0.4) is 0 Å². The second-order valence-electron chi connectivity index (χ2n) is 4.72. The first-order valence-corrected chi connectivity index (χ1v) is 7.57. The minimum absolute atomic E-state index is 0.358. The molecule has 2 aromatic carbocycles. The molecule has 1 N–H and O–H groups in total. The van der Waals surface area contributed by atoms with Crippen molar-refractivity contribution in [1.29, 1.82) is 0 Å². The Morgan fingerprint density at radius 1 is 1.09 bits per heavy atom. The Hall–Kier alpha value is -2.24. The lowest BCUT2D eigenvalue weighted by molar-refractivity contribution is 0.0954. The number of hydrazone groups is 1. The molecule has 0 spiro atoms. The molecule has 3 rings (SSSR count). The summed E-state index contributed by atoms with van der Waals surface area (Å²) in [6.45, 7) is 0.968. The third-order valence-corrected chi connectivity index (χ3v) is 3.70. The summed E-state index contributed by atoms with van der Waals surface area (Å²) in [5, 5.41) is 4.88. The van der Waals surface area contributed by atoms with E-state index in [0.717, 1.165) is 0 Å². The Kier molecular flexibility index (Phi) is 4.69. The van der Waals surface area contributed by atoms with Crippen molar-refractivity contribution in [3.05, 3.63) is 57.6 Å². The highest BCUT2D eigenvalue weighted by molar-refractivity contribution is 6.36. The van der Waals surface area contributed by atoms with Crippen molar-refractivity contribution in [2.75, 3.05) is 13.2 Å². The van der Waals surface area contributed by atoms with Crippen LogP contribution in [0.2, 0.25) is 10.0 Å². The first-order valence-electron chi connectivity index (χ1n) is 6.81. The minimum Gasteiger partial charge on any atom is -0.486 e. The molecule has 0 aliphatic carbocycles. The second-order valence-corrected chi connectivity index (χ2v) is 5.57. The molecule has 0 unspecified atom stereocenters. The van der Waals surface area contributed by atoms with Crippen molar-refractivity contribution in [2.24, 2.45) is 5.10 Å². The van der Waals surface area contributed by atoms with Gasteiger partial charge in [-0.15, -0.1) is 0 Å². The minimum atomic E-state index is -0.358. The fraction of sp³-hybridized carbons (Fsp3) is 0.125. The third kappa shape index (κ3) is 3.75. The highest BCUT2D eigenvalue weighted by Crippen LogP contribution is 2.30. The Labute approximate surface area is 142 Å². The first-order chi connectivity index (χ1) is 11.1. The molecular weight excluding hydrogens is 339 g/mol. The topological polar surface area (TPSA) is 59.9 Å². The molecule has 2 aromatic rings. The fourth-order valence-corrected chi connectivity index (χ4v) is 2.47. The number of nitrogens with zero attached hydrogens (tertiary/aromatic N) is 1. The summed E-state index contributed by atoms with van der Waals surface area (Å²) >= 11 is 11.8. The Balaban J connectivity index is 1.68. The molecule has 0 radical (unpaired) electrons. The second kappa shape index (κ2) is 6.89. The van der Waals surface area contributed by atoms with Gasteiger partial charge in [-0.1, -0.05) is 29.3 Å². The van der Waals surface area contributed by atoms with Crippen LogP contribution in [0.25, 0.3) is 0 Å². The van der Waals surface area contributed by atoms with E-state index in [2.05, 4.69) is 10.5 Å². The van der Waals surface area contributed by atoms with E-state index in [0.29, 0.717) is 45.9 Å². The maximum Gasteiger partial charge on any atom is 0.271 e.